The summed E-state index contributed by atoms with van der Waals surface area (Å²) in [5, 5.41) is 10.3. The highest BCUT2D eigenvalue weighted by Gasteiger charge is 2.27. The number of aliphatic imine (C=N–C) groups is 1. The van der Waals surface area contributed by atoms with Crippen molar-refractivity contribution in [2.24, 2.45) is 4.99 Å². The van der Waals surface area contributed by atoms with Gasteiger partial charge in [-0.2, -0.15) is 0 Å². The van der Waals surface area contributed by atoms with E-state index in [4.69, 9.17) is 0 Å². The molecule has 1 rings (SSSR count). The van der Waals surface area contributed by atoms with Crippen LogP contribution in [-0.4, -0.2) is 24.2 Å². The van der Waals surface area contributed by atoms with Crippen LogP contribution in [0.3, 0.4) is 0 Å². The molecule has 0 atom stereocenters. The van der Waals surface area contributed by atoms with Crippen LogP contribution in [0.15, 0.2) is 16.4 Å². The van der Waals surface area contributed by atoms with Crippen LogP contribution in [0.4, 0.5) is 0 Å². The lowest BCUT2D eigenvalue weighted by Crippen LogP contribution is -2.08. The molecule has 6 heteroatoms. The Kier molecular flexibility index (Phi) is 2.18. The highest BCUT2D eigenvalue weighted by molar-refractivity contribution is 5.93. The molecule has 1 heterocycles. The van der Waals surface area contributed by atoms with Gasteiger partial charge >= 0.3 is 5.97 Å². The molecule has 0 saturated heterocycles. The van der Waals surface area contributed by atoms with Crippen LogP contribution >= 0.6 is 0 Å². The number of carbonyl (C=O) groups is 1. The molecule has 0 aromatic rings. The predicted octanol–water partition coefficient (Wildman–Crippen LogP) is 0.122. The Morgan fingerprint density at radius 1 is 1.83 bits per heavy atom. The molecule has 0 saturated carbocycles. The fraction of sp³-hybridized carbons (Fsp3) is 0.333. The van der Waals surface area contributed by atoms with Crippen molar-refractivity contribution in [2.45, 2.75) is 6.42 Å². The molecule has 0 spiro atoms. The second-order valence-corrected chi connectivity index (χ2v) is 2.06. The summed E-state index contributed by atoms with van der Waals surface area (Å²) in [6.07, 6.45) is 1.39. The number of nitrogens with zero attached hydrogens (tertiary/aromatic N) is 2. The van der Waals surface area contributed by atoms with Gasteiger partial charge in [-0.05, 0) is 0 Å². The summed E-state index contributed by atoms with van der Waals surface area (Å²) in [4.78, 5) is 24.0. The maximum atomic E-state index is 10.8. The third-order valence-corrected chi connectivity index (χ3v) is 1.38. The van der Waals surface area contributed by atoms with Gasteiger partial charge in [0.2, 0.25) is 5.70 Å². The Morgan fingerprint density at radius 2 is 2.50 bits per heavy atom. The Bertz CT molecular complexity index is 292. The fourth-order valence-corrected chi connectivity index (χ4v) is 0.823. The molecule has 0 aromatic heterocycles. The van der Waals surface area contributed by atoms with Crippen molar-refractivity contribution in [3.63, 3.8) is 0 Å². The van der Waals surface area contributed by atoms with Crippen LogP contribution in [0.1, 0.15) is 6.42 Å². The van der Waals surface area contributed by atoms with Crippen molar-refractivity contribution >= 4 is 12.2 Å². The Morgan fingerprint density at radius 3 is 3.00 bits per heavy atom. The number of ether oxygens (including phenoxy) is 1. The van der Waals surface area contributed by atoms with Gasteiger partial charge in [0.25, 0.3) is 5.70 Å². The molecule has 0 radical (unpaired) electrons. The second kappa shape index (κ2) is 3.12. The van der Waals surface area contributed by atoms with Gasteiger partial charge in [0.05, 0.1) is 18.5 Å². The van der Waals surface area contributed by atoms with Crippen molar-refractivity contribution in [1.82, 2.24) is 0 Å². The zero-order chi connectivity index (χ0) is 9.14. The van der Waals surface area contributed by atoms with E-state index in [1.807, 2.05) is 0 Å². The van der Waals surface area contributed by atoms with E-state index < -0.39 is 10.9 Å². The summed E-state index contributed by atoms with van der Waals surface area (Å²) in [5.41, 5.74) is -0.413. The summed E-state index contributed by atoms with van der Waals surface area (Å²) in [7, 11) is 1.15. The number of methoxy groups -OCH3 is 1. The monoisotopic (exact) mass is 170 g/mol. The molecule has 0 unspecified atom stereocenters. The molecule has 1 aliphatic heterocycles. The summed E-state index contributed by atoms with van der Waals surface area (Å²) < 4.78 is 4.30. The molecule has 0 N–H and O–H groups in total. The van der Waals surface area contributed by atoms with Crippen molar-refractivity contribution in [3.8, 4) is 0 Å². The molecule has 64 valence electrons. The summed E-state index contributed by atoms with van der Waals surface area (Å²) in [6.45, 7) is 0. The Balaban J connectivity index is 2.97. The van der Waals surface area contributed by atoms with E-state index in [0.29, 0.717) is 0 Å². The van der Waals surface area contributed by atoms with Crippen LogP contribution < -0.4 is 0 Å². The van der Waals surface area contributed by atoms with Crippen LogP contribution in [0.25, 0.3) is 0 Å². The average molecular weight is 170 g/mol. The molecule has 1 aliphatic rings. The largest absolute Gasteiger partial charge is 0.464 e. The molecule has 0 fully saturated rings. The SMILES string of the molecule is COC(=O)C1=C([N+](=O)[O-])CC=N1. The molecular weight excluding hydrogens is 164 g/mol. The van der Waals surface area contributed by atoms with Gasteiger partial charge in [-0.1, -0.05) is 0 Å². The highest BCUT2D eigenvalue weighted by atomic mass is 16.6. The van der Waals surface area contributed by atoms with E-state index in [1.165, 1.54) is 6.21 Å². The van der Waals surface area contributed by atoms with E-state index in [1.54, 1.807) is 0 Å². The first-order valence-corrected chi connectivity index (χ1v) is 3.15. The van der Waals surface area contributed by atoms with Crippen molar-refractivity contribution < 1.29 is 14.5 Å². The minimum atomic E-state index is -0.768. The van der Waals surface area contributed by atoms with Gasteiger partial charge in [0, 0.05) is 6.21 Å². The zero-order valence-electron chi connectivity index (χ0n) is 6.31. The summed E-state index contributed by atoms with van der Waals surface area (Å²) in [5.74, 6) is -0.768. The lowest BCUT2D eigenvalue weighted by molar-refractivity contribution is -0.426. The summed E-state index contributed by atoms with van der Waals surface area (Å²) >= 11 is 0. The third-order valence-electron chi connectivity index (χ3n) is 1.38. The smallest absolute Gasteiger partial charge is 0.363 e. The normalized spacial score (nSPS) is 15.1. The molecule has 12 heavy (non-hydrogen) atoms. The van der Waals surface area contributed by atoms with Crippen LogP contribution in [0, 0.1) is 10.1 Å². The van der Waals surface area contributed by atoms with Crippen LogP contribution in [0.5, 0.6) is 0 Å². The first-order valence-electron chi connectivity index (χ1n) is 3.15. The molecule has 0 aliphatic carbocycles. The van der Waals surface area contributed by atoms with Gasteiger partial charge in [0.15, 0.2) is 0 Å². The number of carbonyl (C=O) groups excluding carboxylic acids is 1. The van der Waals surface area contributed by atoms with E-state index in [9.17, 15) is 14.9 Å². The maximum absolute atomic E-state index is 10.8. The topological polar surface area (TPSA) is 81.8 Å². The van der Waals surface area contributed by atoms with Crippen LogP contribution in [-0.2, 0) is 9.53 Å². The minimum Gasteiger partial charge on any atom is -0.464 e. The standard InChI is InChI=1S/C6H6N2O4/c1-12-6(9)5-4(8(10)11)2-3-7-5/h3H,2H2,1H3. The van der Waals surface area contributed by atoms with E-state index >= 15 is 0 Å². The first kappa shape index (κ1) is 8.38. The number of hydrogen-bond acceptors (Lipinski definition) is 5. The van der Waals surface area contributed by atoms with Gasteiger partial charge in [-0.15, -0.1) is 0 Å². The van der Waals surface area contributed by atoms with E-state index in [-0.39, 0.29) is 17.8 Å². The average Bonchev–Trinajstić information content (AvgIpc) is 2.50. The third kappa shape index (κ3) is 1.31. The first-order chi connectivity index (χ1) is 5.66. The number of hydrogen-bond donors (Lipinski definition) is 0. The van der Waals surface area contributed by atoms with Gasteiger partial charge in [0.1, 0.15) is 0 Å². The number of nitro groups is 1. The van der Waals surface area contributed by atoms with Gasteiger partial charge < -0.3 is 4.74 Å². The highest BCUT2D eigenvalue weighted by Crippen LogP contribution is 2.16. The molecule has 0 bridgehead atoms. The van der Waals surface area contributed by atoms with Crippen molar-refractivity contribution in [3.05, 3.63) is 21.5 Å². The zero-order valence-corrected chi connectivity index (χ0v) is 6.31. The van der Waals surface area contributed by atoms with E-state index in [0.717, 1.165) is 7.11 Å². The minimum absolute atomic E-state index is 0.0808. The lowest BCUT2D eigenvalue weighted by atomic mass is 10.3. The second-order valence-electron chi connectivity index (χ2n) is 2.06. The lowest BCUT2D eigenvalue weighted by Gasteiger charge is -1.95. The van der Waals surface area contributed by atoms with Crippen LogP contribution in [0.2, 0.25) is 0 Å². The molecule has 6 nitrogen and oxygen atoms in total. The predicted molar refractivity (Wildman–Crippen MR) is 39.1 cm³/mol. The maximum Gasteiger partial charge on any atom is 0.363 e. The summed E-state index contributed by atoms with van der Waals surface area (Å²) in [6, 6.07) is 0. The Hall–Kier alpha value is -1.72. The van der Waals surface area contributed by atoms with Crippen molar-refractivity contribution in [2.75, 3.05) is 7.11 Å². The molecule has 0 amide bonds. The number of esters is 1. The quantitative estimate of drug-likeness (QED) is 0.335. The van der Waals surface area contributed by atoms with Gasteiger partial charge in [-0.25, -0.2) is 9.79 Å². The Labute approximate surface area is 67.7 Å². The molecular formula is C6H6N2O4. The van der Waals surface area contributed by atoms with E-state index in [2.05, 4.69) is 9.73 Å². The molecule has 0 aromatic carbocycles. The number of allylic oxidation sites excluding steroid dienone is 1. The van der Waals surface area contributed by atoms with Gasteiger partial charge in [-0.3, -0.25) is 10.1 Å². The number of rotatable bonds is 2. The van der Waals surface area contributed by atoms with Crippen molar-refractivity contribution in [1.29, 1.82) is 0 Å². The fourth-order valence-electron chi connectivity index (χ4n) is 0.823.